The monoisotopic (exact) mass is 398 g/mol. The zero-order chi connectivity index (χ0) is 18.2. The van der Waals surface area contributed by atoms with Gasteiger partial charge in [-0.1, -0.05) is 29.3 Å². The molecule has 0 saturated carbocycles. The highest BCUT2D eigenvalue weighted by Gasteiger charge is 2.30. The molecule has 0 bridgehead atoms. The van der Waals surface area contributed by atoms with Crippen LogP contribution in [0.15, 0.2) is 47.4 Å². The van der Waals surface area contributed by atoms with Crippen molar-refractivity contribution in [2.75, 3.05) is 9.62 Å². The highest BCUT2D eigenvalue weighted by molar-refractivity contribution is 7.92. The van der Waals surface area contributed by atoms with Crippen LogP contribution in [0, 0.1) is 0 Å². The van der Waals surface area contributed by atoms with Crippen molar-refractivity contribution in [1.29, 1.82) is 0 Å². The van der Waals surface area contributed by atoms with Gasteiger partial charge in [0.2, 0.25) is 11.8 Å². The van der Waals surface area contributed by atoms with Crippen LogP contribution in [0.3, 0.4) is 0 Å². The van der Waals surface area contributed by atoms with Gasteiger partial charge in [-0.25, -0.2) is 8.42 Å². The van der Waals surface area contributed by atoms with Crippen LogP contribution in [0.1, 0.15) is 12.8 Å². The average molecular weight is 399 g/mol. The summed E-state index contributed by atoms with van der Waals surface area (Å²) in [6, 6.07) is 10.1. The lowest BCUT2D eigenvalue weighted by Gasteiger charge is -2.15. The predicted octanol–water partition coefficient (Wildman–Crippen LogP) is 3.45. The first-order valence-electron chi connectivity index (χ1n) is 7.22. The Hall–Kier alpha value is -2.09. The highest BCUT2D eigenvalue weighted by Crippen LogP contribution is 2.32. The molecule has 3 rings (SSSR count). The molecule has 130 valence electrons. The van der Waals surface area contributed by atoms with Crippen molar-refractivity contribution in [3.8, 4) is 0 Å². The number of imide groups is 1. The molecule has 6 nitrogen and oxygen atoms in total. The minimum absolute atomic E-state index is 0.0497. The molecule has 9 heteroatoms. The molecule has 2 amide bonds. The number of benzene rings is 2. The minimum Gasteiger partial charge on any atom is -0.277 e. The van der Waals surface area contributed by atoms with E-state index in [4.69, 9.17) is 23.2 Å². The molecule has 0 atom stereocenters. The Morgan fingerprint density at radius 1 is 0.880 bits per heavy atom. The van der Waals surface area contributed by atoms with Gasteiger partial charge in [0.1, 0.15) is 0 Å². The second-order valence-corrected chi connectivity index (χ2v) is 7.82. The molecule has 2 aromatic rings. The molecule has 1 saturated heterocycles. The summed E-state index contributed by atoms with van der Waals surface area (Å²) < 4.78 is 27.3. The third-order valence-electron chi connectivity index (χ3n) is 3.66. The molecular formula is C16H12Cl2N2O4S. The maximum atomic E-state index is 12.5. The topological polar surface area (TPSA) is 83.6 Å². The smallest absolute Gasteiger partial charge is 0.261 e. The van der Waals surface area contributed by atoms with Crippen LogP contribution in [0.5, 0.6) is 0 Å². The van der Waals surface area contributed by atoms with Crippen LogP contribution in [0.4, 0.5) is 11.4 Å². The number of halogens is 2. The normalized spacial score (nSPS) is 14.9. The van der Waals surface area contributed by atoms with E-state index in [1.807, 2.05) is 0 Å². The van der Waals surface area contributed by atoms with Crippen molar-refractivity contribution >= 4 is 56.4 Å². The summed E-state index contributed by atoms with van der Waals surface area (Å²) >= 11 is 11.9. The van der Waals surface area contributed by atoms with E-state index in [9.17, 15) is 18.0 Å². The Balaban J connectivity index is 1.89. The molecule has 0 spiro atoms. The lowest BCUT2D eigenvalue weighted by molar-refractivity contribution is -0.121. The van der Waals surface area contributed by atoms with Crippen LogP contribution >= 0.6 is 23.2 Å². The molecule has 0 radical (unpaired) electrons. The summed E-state index contributed by atoms with van der Waals surface area (Å²) in [7, 11) is -3.93. The standard InChI is InChI=1S/C16H12Cl2N2O4S/c17-12-2-1-3-13(18)16(12)19-25(23,24)11-6-4-10(5-7-11)20-14(21)8-9-15(20)22/h1-7,19H,8-9H2. The van der Waals surface area contributed by atoms with E-state index in [1.165, 1.54) is 36.4 Å². The van der Waals surface area contributed by atoms with Gasteiger partial charge in [-0.15, -0.1) is 0 Å². The molecule has 0 unspecified atom stereocenters. The number of sulfonamides is 1. The Morgan fingerprint density at radius 2 is 1.40 bits per heavy atom. The van der Waals surface area contributed by atoms with E-state index in [2.05, 4.69) is 4.72 Å². The first kappa shape index (κ1) is 17.7. The number of carbonyl (C=O) groups is 2. The second-order valence-electron chi connectivity index (χ2n) is 5.32. The van der Waals surface area contributed by atoms with Gasteiger partial charge in [-0.3, -0.25) is 19.2 Å². The number of hydrogen-bond acceptors (Lipinski definition) is 4. The van der Waals surface area contributed by atoms with Crippen LogP contribution in [0.25, 0.3) is 0 Å². The number of amides is 2. The van der Waals surface area contributed by atoms with E-state index in [1.54, 1.807) is 6.07 Å². The molecule has 2 aromatic carbocycles. The second kappa shape index (κ2) is 6.67. The van der Waals surface area contributed by atoms with Gasteiger partial charge in [0.05, 0.1) is 26.3 Å². The maximum absolute atomic E-state index is 12.5. The minimum atomic E-state index is -3.93. The van der Waals surface area contributed by atoms with Gasteiger partial charge in [-0.2, -0.15) is 0 Å². The molecule has 25 heavy (non-hydrogen) atoms. The zero-order valence-electron chi connectivity index (χ0n) is 12.7. The lowest BCUT2D eigenvalue weighted by atomic mass is 10.3. The van der Waals surface area contributed by atoms with E-state index in [0.29, 0.717) is 5.69 Å². The van der Waals surface area contributed by atoms with Gasteiger partial charge in [0.15, 0.2) is 0 Å². The van der Waals surface area contributed by atoms with Crippen LogP contribution < -0.4 is 9.62 Å². The predicted molar refractivity (Wildman–Crippen MR) is 95.4 cm³/mol. The van der Waals surface area contributed by atoms with Crippen LogP contribution in [-0.4, -0.2) is 20.2 Å². The summed E-state index contributed by atoms with van der Waals surface area (Å²) in [5.41, 5.74) is 0.419. The number of anilines is 2. The molecule has 1 N–H and O–H groups in total. The van der Waals surface area contributed by atoms with Gasteiger partial charge < -0.3 is 0 Å². The fraction of sp³-hybridized carbons (Fsp3) is 0.125. The Morgan fingerprint density at radius 3 is 1.92 bits per heavy atom. The van der Waals surface area contributed by atoms with Crippen LogP contribution in [-0.2, 0) is 19.6 Å². The molecule has 1 aliphatic heterocycles. The fourth-order valence-electron chi connectivity index (χ4n) is 2.43. The zero-order valence-corrected chi connectivity index (χ0v) is 15.0. The van der Waals surface area contributed by atoms with Gasteiger partial charge in [0, 0.05) is 12.8 Å². The van der Waals surface area contributed by atoms with Crippen molar-refractivity contribution < 1.29 is 18.0 Å². The first-order valence-corrected chi connectivity index (χ1v) is 9.46. The molecule has 0 aliphatic carbocycles. The number of nitrogens with one attached hydrogen (secondary N) is 1. The number of para-hydroxylation sites is 1. The summed E-state index contributed by atoms with van der Waals surface area (Å²) in [6.07, 6.45) is 0.316. The molecule has 1 aliphatic rings. The Kier molecular flexibility index (Phi) is 4.73. The van der Waals surface area contributed by atoms with E-state index < -0.39 is 10.0 Å². The number of nitrogens with zero attached hydrogens (tertiary/aromatic N) is 1. The van der Waals surface area contributed by atoms with E-state index >= 15 is 0 Å². The van der Waals surface area contributed by atoms with Crippen molar-refractivity contribution in [3.63, 3.8) is 0 Å². The highest BCUT2D eigenvalue weighted by atomic mass is 35.5. The Labute approximate surface area is 154 Å². The third kappa shape index (κ3) is 3.49. The summed E-state index contributed by atoms with van der Waals surface area (Å²) in [5, 5.41) is 0.335. The summed E-state index contributed by atoms with van der Waals surface area (Å²) in [5.74, 6) is -0.608. The molecule has 0 aromatic heterocycles. The van der Waals surface area contributed by atoms with Crippen molar-refractivity contribution in [1.82, 2.24) is 0 Å². The number of hydrogen-bond donors (Lipinski definition) is 1. The molecule has 1 fully saturated rings. The Bertz CT molecular complexity index is 922. The first-order chi connectivity index (χ1) is 11.8. The van der Waals surface area contributed by atoms with E-state index in [-0.39, 0.29) is 45.3 Å². The van der Waals surface area contributed by atoms with Crippen molar-refractivity contribution in [3.05, 3.63) is 52.5 Å². The van der Waals surface area contributed by atoms with Crippen LogP contribution in [0.2, 0.25) is 10.0 Å². The third-order valence-corrected chi connectivity index (χ3v) is 5.65. The van der Waals surface area contributed by atoms with Crippen molar-refractivity contribution in [2.24, 2.45) is 0 Å². The maximum Gasteiger partial charge on any atom is 0.261 e. The van der Waals surface area contributed by atoms with Gasteiger partial charge >= 0.3 is 0 Å². The molecular weight excluding hydrogens is 387 g/mol. The number of rotatable bonds is 4. The largest absolute Gasteiger partial charge is 0.277 e. The van der Waals surface area contributed by atoms with Crippen molar-refractivity contribution in [2.45, 2.75) is 17.7 Å². The lowest BCUT2D eigenvalue weighted by Crippen LogP contribution is -2.28. The molecule has 1 heterocycles. The SMILES string of the molecule is O=C1CCC(=O)N1c1ccc(S(=O)(=O)Nc2c(Cl)cccc2Cl)cc1. The fourth-order valence-corrected chi connectivity index (χ4v) is 4.13. The summed E-state index contributed by atoms with van der Waals surface area (Å²) in [4.78, 5) is 24.5. The average Bonchev–Trinajstić information content (AvgIpc) is 2.90. The van der Waals surface area contributed by atoms with Gasteiger partial charge in [-0.05, 0) is 36.4 Å². The van der Waals surface area contributed by atoms with E-state index in [0.717, 1.165) is 4.90 Å². The summed E-state index contributed by atoms with van der Waals surface area (Å²) in [6.45, 7) is 0. The quantitative estimate of drug-likeness (QED) is 0.799. The number of carbonyl (C=O) groups excluding carboxylic acids is 2. The van der Waals surface area contributed by atoms with Gasteiger partial charge in [0.25, 0.3) is 10.0 Å².